The summed E-state index contributed by atoms with van der Waals surface area (Å²) in [5.41, 5.74) is 1.51. The molecule has 3 rings (SSSR count). The van der Waals surface area contributed by atoms with Gasteiger partial charge < -0.3 is 10.6 Å². The Morgan fingerprint density at radius 1 is 1.14 bits per heavy atom. The SMILES string of the molecule is O=C(Nc1ccc2cn[nH]c2c1)C(=O)Nc1cccnc1Cl. The van der Waals surface area contributed by atoms with Crippen LogP contribution < -0.4 is 10.6 Å². The van der Waals surface area contributed by atoms with Crippen LogP contribution in [-0.2, 0) is 9.59 Å². The van der Waals surface area contributed by atoms with E-state index in [2.05, 4.69) is 25.8 Å². The predicted molar refractivity (Wildman–Crippen MR) is 82.6 cm³/mol. The summed E-state index contributed by atoms with van der Waals surface area (Å²) >= 11 is 5.82. The molecule has 0 saturated heterocycles. The predicted octanol–water partition coefficient (Wildman–Crippen LogP) is 2.19. The first-order valence-corrected chi connectivity index (χ1v) is 6.67. The maximum absolute atomic E-state index is 11.9. The lowest BCUT2D eigenvalue weighted by molar-refractivity contribution is -0.132. The fourth-order valence-electron chi connectivity index (χ4n) is 1.86. The van der Waals surface area contributed by atoms with Gasteiger partial charge in [-0.1, -0.05) is 11.6 Å². The Morgan fingerprint density at radius 3 is 2.77 bits per heavy atom. The molecule has 3 aromatic rings. The van der Waals surface area contributed by atoms with Gasteiger partial charge in [0.2, 0.25) is 0 Å². The van der Waals surface area contributed by atoms with Gasteiger partial charge in [-0.3, -0.25) is 14.7 Å². The van der Waals surface area contributed by atoms with E-state index in [0.29, 0.717) is 5.69 Å². The second-order valence-electron chi connectivity index (χ2n) is 4.42. The molecule has 2 aromatic heterocycles. The molecule has 2 amide bonds. The van der Waals surface area contributed by atoms with Crippen molar-refractivity contribution in [2.75, 3.05) is 10.6 Å². The third-order valence-electron chi connectivity index (χ3n) is 2.91. The van der Waals surface area contributed by atoms with Crippen LogP contribution in [0, 0.1) is 0 Å². The van der Waals surface area contributed by atoms with Crippen molar-refractivity contribution < 1.29 is 9.59 Å². The van der Waals surface area contributed by atoms with Gasteiger partial charge in [-0.15, -0.1) is 0 Å². The molecule has 110 valence electrons. The Kier molecular flexibility index (Phi) is 3.71. The number of nitrogens with zero attached hydrogens (tertiary/aromatic N) is 2. The number of fused-ring (bicyclic) bond motifs is 1. The Labute approximate surface area is 129 Å². The molecule has 2 heterocycles. The first-order chi connectivity index (χ1) is 10.6. The van der Waals surface area contributed by atoms with E-state index in [4.69, 9.17) is 11.6 Å². The fraction of sp³-hybridized carbons (Fsp3) is 0. The van der Waals surface area contributed by atoms with Gasteiger partial charge in [0.15, 0.2) is 5.15 Å². The zero-order valence-electron chi connectivity index (χ0n) is 11.1. The van der Waals surface area contributed by atoms with Crippen LogP contribution in [-0.4, -0.2) is 27.0 Å². The van der Waals surface area contributed by atoms with Crippen molar-refractivity contribution in [2.24, 2.45) is 0 Å². The molecule has 0 aliphatic carbocycles. The number of rotatable bonds is 2. The maximum atomic E-state index is 11.9. The number of H-pyrrole nitrogens is 1. The van der Waals surface area contributed by atoms with Gasteiger partial charge in [-0.2, -0.15) is 5.10 Å². The number of benzene rings is 1. The molecule has 0 unspecified atom stereocenters. The lowest BCUT2D eigenvalue weighted by Crippen LogP contribution is -2.29. The minimum Gasteiger partial charge on any atom is -0.318 e. The minimum absolute atomic E-state index is 0.113. The van der Waals surface area contributed by atoms with Gasteiger partial charge in [-0.05, 0) is 30.3 Å². The van der Waals surface area contributed by atoms with Crippen molar-refractivity contribution in [1.29, 1.82) is 0 Å². The molecule has 0 spiro atoms. The first-order valence-electron chi connectivity index (χ1n) is 6.29. The molecule has 22 heavy (non-hydrogen) atoms. The number of aromatic amines is 1. The van der Waals surface area contributed by atoms with Crippen molar-refractivity contribution in [1.82, 2.24) is 15.2 Å². The molecule has 0 fully saturated rings. The van der Waals surface area contributed by atoms with Gasteiger partial charge >= 0.3 is 11.8 Å². The number of hydrogen-bond donors (Lipinski definition) is 3. The zero-order valence-corrected chi connectivity index (χ0v) is 11.9. The smallest absolute Gasteiger partial charge is 0.314 e. The number of anilines is 2. The van der Waals surface area contributed by atoms with Gasteiger partial charge in [0, 0.05) is 17.3 Å². The van der Waals surface area contributed by atoms with Crippen LogP contribution in [0.15, 0.2) is 42.7 Å². The highest BCUT2D eigenvalue weighted by molar-refractivity contribution is 6.44. The molecule has 3 N–H and O–H groups in total. The van der Waals surface area contributed by atoms with Crippen LogP contribution in [0.1, 0.15) is 0 Å². The van der Waals surface area contributed by atoms with Crippen LogP contribution in [0.5, 0.6) is 0 Å². The number of hydrogen-bond acceptors (Lipinski definition) is 4. The highest BCUT2D eigenvalue weighted by atomic mass is 35.5. The van der Waals surface area contributed by atoms with Crippen LogP contribution in [0.3, 0.4) is 0 Å². The summed E-state index contributed by atoms with van der Waals surface area (Å²) in [6.07, 6.45) is 3.15. The molecule has 0 aliphatic heterocycles. The van der Waals surface area contributed by atoms with Crippen LogP contribution in [0.25, 0.3) is 10.9 Å². The van der Waals surface area contributed by atoms with Crippen LogP contribution >= 0.6 is 11.6 Å². The van der Waals surface area contributed by atoms with E-state index in [1.807, 2.05) is 0 Å². The molecule has 7 nitrogen and oxygen atoms in total. The number of carbonyl (C=O) groups excluding carboxylic acids is 2. The summed E-state index contributed by atoms with van der Waals surface area (Å²) in [5, 5.41) is 12.6. The summed E-state index contributed by atoms with van der Waals surface area (Å²) in [4.78, 5) is 27.6. The average Bonchev–Trinajstić information content (AvgIpc) is 2.97. The molecular weight excluding hydrogens is 306 g/mol. The van der Waals surface area contributed by atoms with Gasteiger partial charge in [0.25, 0.3) is 0 Å². The Bertz CT molecular complexity index is 861. The summed E-state index contributed by atoms with van der Waals surface area (Å²) in [6, 6.07) is 8.30. The lowest BCUT2D eigenvalue weighted by Gasteiger charge is -2.07. The number of aromatic nitrogens is 3. The lowest BCUT2D eigenvalue weighted by atomic mass is 10.2. The second-order valence-corrected chi connectivity index (χ2v) is 4.78. The molecule has 0 aliphatic rings. The second kappa shape index (κ2) is 5.82. The summed E-state index contributed by atoms with van der Waals surface area (Å²) in [7, 11) is 0. The van der Waals surface area contributed by atoms with Gasteiger partial charge in [0.05, 0.1) is 17.4 Å². The highest BCUT2D eigenvalue weighted by Gasteiger charge is 2.15. The normalized spacial score (nSPS) is 10.4. The summed E-state index contributed by atoms with van der Waals surface area (Å²) in [6.45, 7) is 0. The number of carbonyl (C=O) groups is 2. The molecule has 8 heteroatoms. The maximum Gasteiger partial charge on any atom is 0.314 e. The van der Waals surface area contributed by atoms with Crippen LogP contribution in [0.4, 0.5) is 11.4 Å². The van der Waals surface area contributed by atoms with Crippen molar-refractivity contribution in [3.63, 3.8) is 0 Å². The van der Waals surface area contributed by atoms with Crippen molar-refractivity contribution >= 4 is 45.7 Å². The number of amides is 2. The summed E-state index contributed by atoms with van der Waals surface area (Å²) < 4.78 is 0. The minimum atomic E-state index is -0.834. The monoisotopic (exact) mass is 315 g/mol. The first kappa shape index (κ1) is 14.0. The van der Waals surface area contributed by atoms with E-state index in [9.17, 15) is 9.59 Å². The molecule has 0 bridgehead atoms. The van der Waals surface area contributed by atoms with Crippen molar-refractivity contribution in [3.8, 4) is 0 Å². The molecule has 0 saturated carbocycles. The topological polar surface area (TPSA) is 99.8 Å². The third kappa shape index (κ3) is 2.89. The number of pyridine rings is 1. The third-order valence-corrected chi connectivity index (χ3v) is 3.21. The van der Waals surface area contributed by atoms with E-state index in [1.165, 1.54) is 6.20 Å². The largest absolute Gasteiger partial charge is 0.318 e. The van der Waals surface area contributed by atoms with Crippen molar-refractivity contribution in [3.05, 3.63) is 47.9 Å². The standard InChI is InChI=1S/C14H10ClN5O2/c15-12-10(2-1-5-16-12)19-14(22)13(21)18-9-4-3-8-7-17-20-11(8)6-9/h1-7H,(H,17,20)(H,18,21)(H,19,22). The van der Waals surface area contributed by atoms with Crippen molar-refractivity contribution in [2.45, 2.75) is 0 Å². The van der Waals surface area contributed by atoms with E-state index in [0.717, 1.165) is 10.9 Å². The van der Waals surface area contributed by atoms with E-state index >= 15 is 0 Å². The quantitative estimate of drug-likeness (QED) is 0.498. The Morgan fingerprint density at radius 2 is 1.95 bits per heavy atom. The van der Waals surface area contributed by atoms with Crippen LogP contribution in [0.2, 0.25) is 5.15 Å². The van der Waals surface area contributed by atoms with Gasteiger partial charge in [-0.25, -0.2) is 4.98 Å². The van der Waals surface area contributed by atoms with E-state index in [-0.39, 0.29) is 10.8 Å². The van der Waals surface area contributed by atoms with E-state index in [1.54, 1.807) is 36.5 Å². The zero-order chi connectivity index (χ0) is 15.5. The van der Waals surface area contributed by atoms with E-state index < -0.39 is 11.8 Å². The molecule has 0 radical (unpaired) electrons. The molecule has 1 aromatic carbocycles. The van der Waals surface area contributed by atoms with Gasteiger partial charge in [0.1, 0.15) is 0 Å². The Balaban J connectivity index is 1.70. The molecular formula is C14H10ClN5O2. The molecule has 0 atom stereocenters. The fourth-order valence-corrected chi connectivity index (χ4v) is 2.03. The highest BCUT2D eigenvalue weighted by Crippen LogP contribution is 2.18. The average molecular weight is 316 g/mol. The summed E-state index contributed by atoms with van der Waals surface area (Å²) in [5.74, 6) is -1.64. The number of halogens is 1. The Hall–Kier alpha value is -2.93. The number of nitrogens with one attached hydrogen (secondary N) is 3.